The fourth-order valence-electron chi connectivity index (χ4n) is 2.77. The summed E-state index contributed by atoms with van der Waals surface area (Å²) in [6.45, 7) is 0.617. The molecule has 5 nitrogen and oxygen atoms in total. The van der Waals surface area contributed by atoms with Gasteiger partial charge in [0.1, 0.15) is 0 Å². The maximum absolute atomic E-state index is 12.7. The summed E-state index contributed by atoms with van der Waals surface area (Å²) in [4.78, 5) is 0.271. The lowest BCUT2D eigenvalue weighted by Gasteiger charge is -2.26. The number of hydrogen-bond donors (Lipinski definition) is 0. The van der Waals surface area contributed by atoms with Gasteiger partial charge in [0, 0.05) is 29.7 Å². The van der Waals surface area contributed by atoms with Gasteiger partial charge >= 0.3 is 0 Å². The second-order valence-corrected chi connectivity index (χ2v) is 8.16. The third kappa shape index (κ3) is 2.17. The molecule has 2 heterocycles. The van der Waals surface area contributed by atoms with Crippen molar-refractivity contribution in [2.45, 2.75) is 22.6 Å². The molecule has 2 aliphatic heterocycles. The molecular formula is C13H17NO4S2. The first-order valence-electron chi connectivity index (χ1n) is 6.41. The van der Waals surface area contributed by atoms with Crippen molar-refractivity contribution in [1.29, 1.82) is 0 Å². The fourth-order valence-corrected chi connectivity index (χ4v) is 6.09. The Morgan fingerprint density at radius 1 is 1.25 bits per heavy atom. The van der Waals surface area contributed by atoms with E-state index in [4.69, 9.17) is 9.47 Å². The predicted molar refractivity (Wildman–Crippen MR) is 78.1 cm³/mol. The van der Waals surface area contributed by atoms with Gasteiger partial charge in [-0.05, 0) is 18.6 Å². The normalized spacial score (nSPS) is 25.9. The number of fused-ring (bicyclic) bond motifs is 2. The molecule has 2 aliphatic rings. The van der Waals surface area contributed by atoms with E-state index >= 15 is 0 Å². The first-order chi connectivity index (χ1) is 9.56. The van der Waals surface area contributed by atoms with Crippen LogP contribution in [0, 0.1) is 0 Å². The van der Waals surface area contributed by atoms with E-state index in [2.05, 4.69) is 0 Å². The molecule has 2 bridgehead atoms. The van der Waals surface area contributed by atoms with Gasteiger partial charge in [-0.2, -0.15) is 16.1 Å². The molecule has 1 aromatic carbocycles. The van der Waals surface area contributed by atoms with E-state index in [9.17, 15) is 8.42 Å². The van der Waals surface area contributed by atoms with E-state index in [1.54, 1.807) is 16.4 Å². The highest BCUT2D eigenvalue weighted by molar-refractivity contribution is 8.00. The maximum Gasteiger partial charge on any atom is 0.243 e. The highest BCUT2D eigenvalue weighted by Crippen LogP contribution is 2.41. The molecule has 2 saturated heterocycles. The monoisotopic (exact) mass is 315 g/mol. The summed E-state index contributed by atoms with van der Waals surface area (Å²) in [6.07, 6.45) is 0.969. The zero-order chi connectivity index (χ0) is 14.3. The van der Waals surface area contributed by atoms with Crippen molar-refractivity contribution in [1.82, 2.24) is 4.31 Å². The van der Waals surface area contributed by atoms with Crippen molar-refractivity contribution in [2.24, 2.45) is 0 Å². The maximum atomic E-state index is 12.7. The van der Waals surface area contributed by atoms with Gasteiger partial charge in [-0.15, -0.1) is 0 Å². The zero-order valence-corrected chi connectivity index (χ0v) is 13.0. The van der Waals surface area contributed by atoms with E-state index in [1.165, 1.54) is 20.3 Å². The highest BCUT2D eigenvalue weighted by Gasteiger charge is 2.45. The Morgan fingerprint density at radius 3 is 2.55 bits per heavy atom. The van der Waals surface area contributed by atoms with Crippen molar-refractivity contribution in [3.05, 3.63) is 18.2 Å². The minimum atomic E-state index is -3.44. The molecule has 1 aromatic rings. The van der Waals surface area contributed by atoms with E-state index in [0.29, 0.717) is 23.3 Å². The van der Waals surface area contributed by atoms with Crippen LogP contribution in [0.2, 0.25) is 0 Å². The van der Waals surface area contributed by atoms with Crippen LogP contribution in [0.15, 0.2) is 23.1 Å². The number of sulfonamides is 1. The summed E-state index contributed by atoms with van der Waals surface area (Å²) >= 11 is 1.87. The number of hydrogen-bond acceptors (Lipinski definition) is 5. The molecule has 0 aromatic heterocycles. The summed E-state index contributed by atoms with van der Waals surface area (Å²) in [5, 5.41) is 0.454. The quantitative estimate of drug-likeness (QED) is 0.844. The molecule has 0 saturated carbocycles. The summed E-state index contributed by atoms with van der Waals surface area (Å²) < 4.78 is 37.4. The van der Waals surface area contributed by atoms with Gasteiger partial charge in [0.2, 0.25) is 10.0 Å². The molecular weight excluding hydrogens is 298 g/mol. The van der Waals surface area contributed by atoms with Crippen molar-refractivity contribution >= 4 is 21.8 Å². The van der Waals surface area contributed by atoms with E-state index in [0.717, 1.165) is 12.2 Å². The van der Waals surface area contributed by atoms with E-state index in [1.807, 2.05) is 11.8 Å². The molecule has 7 heteroatoms. The smallest absolute Gasteiger partial charge is 0.243 e. The molecule has 110 valence electrons. The lowest BCUT2D eigenvalue weighted by molar-refractivity contribution is 0.353. The van der Waals surface area contributed by atoms with Crippen LogP contribution in [0.5, 0.6) is 11.5 Å². The van der Waals surface area contributed by atoms with Gasteiger partial charge in [-0.3, -0.25) is 0 Å². The summed E-state index contributed by atoms with van der Waals surface area (Å²) in [6, 6.07) is 4.89. The van der Waals surface area contributed by atoms with Gasteiger partial charge in [-0.25, -0.2) is 8.42 Å². The molecule has 0 N–H and O–H groups in total. The first-order valence-corrected chi connectivity index (χ1v) is 8.90. The Labute approximate surface area is 123 Å². The van der Waals surface area contributed by atoms with Crippen LogP contribution in [-0.4, -0.2) is 50.5 Å². The Kier molecular flexibility index (Phi) is 3.60. The van der Waals surface area contributed by atoms with Crippen LogP contribution < -0.4 is 9.47 Å². The topological polar surface area (TPSA) is 55.8 Å². The van der Waals surface area contributed by atoms with Crippen LogP contribution in [0.3, 0.4) is 0 Å². The van der Waals surface area contributed by atoms with Gasteiger partial charge in [0.15, 0.2) is 11.5 Å². The minimum Gasteiger partial charge on any atom is -0.493 e. The van der Waals surface area contributed by atoms with Crippen LogP contribution in [0.25, 0.3) is 0 Å². The van der Waals surface area contributed by atoms with Crippen molar-refractivity contribution in [2.75, 3.05) is 26.5 Å². The molecule has 0 amide bonds. The third-order valence-electron chi connectivity index (χ3n) is 3.81. The Hall–Kier alpha value is -0.920. The van der Waals surface area contributed by atoms with Crippen LogP contribution in [-0.2, 0) is 10.0 Å². The Balaban J connectivity index is 1.95. The van der Waals surface area contributed by atoms with E-state index in [-0.39, 0.29) is 10.9 Å². The summed E-state index contributed by atoms with van der Waals surface area (Å²) in [5.74, 6) is 1.87. The molecule has 2 unspecified atom stereocenters. The van der Waals surface area contributed by atoms with Gasteiger partial charge in [0.25, 0.3) is 0 Å². The number of thioether (sulfide) groups is 1. The van der Waals surface area contributed by atoms with Crippen LogP contribution in [0.1, 0.15) is 6.42 Å². The average molecular weight is 315 g/mol. The molecule has 0 spiro atoms. The number of nitrogens with zero attached hydrogens (tertiary/aromatic N) is 1. The van der Waals surface area contributed by atoms with Gasteiger partial charge < -0.3 is 9.47 Å². The second kappa shape index (κ2) is 5.13. The van der Waals surface area contributed by atoms with Crippen molar-refractivity contribution in [3.8, 4) is 11.5 Å². The molecule has 3 rings (SSSR count). The predicted octanol–water partition coefficient (Wildman–Crippen LogP) is 1.58. The second-order valence-electron chi connectivity index (χ2n) is 4.94. The molecule has 0 radical (unpaired) electrons. The third-order valence-corrected chi connectivity index (χ3v) is 7.12. The standard InChI is InChI=1S/C13H17NO4S2/c1-17-12-4-3-11(6-13(12)18-2)20(15,16)14-7-10-5-9(14)8-19-10/h3-4,6,9-10H,5,7-8H2,1-2H3. The molecule has 2 fully saturated rings. The Bertz CT molecular complexity index is 617. The largest absolute Gasteiger partial charge is 0.493 e. The summed E-state index contributed by atoms with van der Waals surface area (Å²) in [5.41, 5.74) is 0. The SMILES string of the molecule is COc1ccc(S(=O)(=O)N2CC3CC2CS3)cc1OC. The number of rotatable bonds is 4. The van der Waals surface area contributed by atoms with Crippen molar-refractivity contribution < 1.29 is 17.9 Å². The minimum absolute atomic E-state index is 0.142. The lowest BCUT2D eigenvalue weighted by atomic mass is 10.3. The first kappa shape index (κ1) is 14.0. The lowest BCUT2D eigenvalue weighted by Crippen LogP contribution is -2.39. The van der Waals surface area contributed by atoms with Gasteiger partial charge in [-0.1, -0.05) is 0 Å². The average Bonchev–Trinajstić information content (AvgIpc) is 3.09. The van der Waals surface area contributed by atoms with Crippen LogP contribution in [0.4, 0.5) is 0 Å². The van der Waals surface area contributed by atoms with Crippen molar-refractivity contribution in [3.63, 3.8) is 0 Å². The highest BCUT2D eigenvalue weighted by atomic mass is 32.2. The number of methoxy groups -OCH3 is 2. The summed E-state index contributed by atoms with van der Waals surface area (Å²) in [7, 11) is -0.410. The number of benzene rings is 1. The Morgan fingerprint density at radius 2 is 2.00 bits per heavy atom. The van der Waals surface area contributed by atoms with Gasteiger partial charge in [0.05, 0.1) is 19.1 Å². The van der Waals surface area contributed by atoms with Crippen LogP contribution >= 0.6 is 11.8 Å². The number of ether oxygens (including phenoxy) is 2. The van der Waals surface area contributed by atoms with E-state index < -0.39 is 10.0 Å². The molecule has 2 atom stereocenters. The molecule has 0 aliphatic carbocycles. The molecule has 20 heavy (non-hydrogen) atoms. The fraction of sp³-hybridized carbons (Fsp3) is 0.538. The zero-order valence-electron chi connectivity index (χ0n) is 11.4.